The Hall–Kier alpha value is -2.42. The molecule has 2 aliphatic rings. The van der Waals surface area contributed by atoms with Crippen molar-refractivity contribution in [1.29, 1.82) is 0 Å². The van der Waals surface area contributed by atoms with Crippen molar-refractivity contribution in [3.8, 4) is 0 Å². The van der Waals surface area contributed by atoms with Gasteiger partial charge in [0.15, 0.2) is 0 Å². The van der Waals surface area contributed by atoms with Crippen molar-refractivity contribution in [1.82, 2.24) is 9.80 Å². The third-order valence-electron chi connectivity index (χ3n) is 5.33. The van der Waals surface area contributed by atoms with Gasteiger partial charge in [-0.3, -0.25) is 4.90 Å². The van der Waals surface area contributed by atoms with E-state index in [0.29, 0.717) is 31.7 Å². The van der Waals surface area contributed by atoms with Gasteiger partial charge in [-0.25, -0.2) is 14.4 Å². The summed E-state index contributed by atoms with van der Waals surface area (Å²) in [6.45, 7) is 6.62. The van der Waals surface area contributed by atoms with Crippen LogP contribution in [0, 0.1) is 5.92 Å². The molecule has 0 spiro atoms. The summed E-state index contributed by atoms with van der Waals surface area (Å²) >= 11 is 1.47. The molecule has 2 saturated heterocycles. The number of carboxylic acid groups (broad SMARTS) is 1. The van der Waals surface area contributed by atoms with E-state index in [2.05, 4.69) is 0 Å². The van der Waals surface area contributed by atoms with Crippen molar-refractivity contribution in [2.45, 2.75) is 57.2 Å². The summed E-state index contributed by atoms with van der Waals surface area (Å²) in [7, 11) is 0. The largest absolute Gasteiger partial charge is 0.480 e. The van der Waals surface area contributed by atoms with Crippen LogP contribution in [0.4, 0.5) is 9.59 Å². The van der Waals surface area contributed by atoms with E-state index in [1.165, 1.54) is 16.7 Å². The first-order valence-electron chi connectivity index (χ1n) is 10.5. The Labute approximate surface area is 186 Å². The average Bonchev–Trinajstić information content (AvgIpc) is 3.17. The van der Waals surface area contributed by atoms with Crippen LogP contribution in [0.2, 0.25) is 0 Å². The van der Waals surface area contributed by atoms with E-state index in [-0.39, 0.29) is 24.0 Å². The molecule has 2 atom stereocenters. The highest BCUT2D eigenvalue weighted by Crippen LogP contribution is 2.39. The van der Waals surface area contributed by atoms with Crippen molar-refractivity contribution in [3.05, 3.63) is 35.9 Å². The minimum absolute atomic E-state index is 0.0808. The molecular weight excluding hydrogens is 420 g/mol. The molecule has 8 nitrogen and oxygen atoms in total. The normalized spacial score (nSPS) is 22.3. The number of amides is 2. The minimum Gasteiger partial charge on any atom is -0.480 e. The maximum atomic E-state index is 12.9. The quantitative estimate of drug-likeness (QED) is 0.745. The van der Waals surface area contributed by atoms with Gasteiger partial charge in [0, 0.05) is 18.8 Å². The number of ether oxygens (including phenoxy) is 2. The van der Waals surface area contributed by atoms with Crippen molar-refractivity contribution in [2.75, 3.05) is 18.8 Å². The lowest BCUT2D eigenvalue weighted by molar-refractivity contribution is -0.142. The van der Waals surface area contributed by atoms with Gasteiger partial charge in [-0.15, -0.1) is 11.8 Å². The summed E-state index contributed by atoms with van der Waals surface area (Å²) in [6.07, 6.45) is 0.394. The molecule has 1 N–H and O–H groups in total. The van der Waals surface area contributed by atoms with Gasteiger partial charge >= 0.3 is 18.2 Å². The van der Waals surface area contributed by atoms with Gasteiger partial charge < -0.3 is 19.5 Å². The first kappa shape index (κ1) is 23.2. The highest BCUT2D eigenvalue weighted by Gasteiger charge is 2.46. The average molecular weight is 451 g/mol. The van der Waals surface area contributed by atoms with Gasteiger partial charge in [-0.05, 0) is 45.1 Å². The molecule has 2 amide bonds. The van der Waals surface area contributed by atoms with Crippen LogP contribution in [0.5, 0.6) is 0 Å². The highest BCUT2D eigenvalue weighted by molar-refractivity contribution is 8.00. The molecule has 0 aliphatic carbocycles. The number of carbonyl (C=O) groups excluding carboxylic acids is 2. The minimum atomic E-state index is -1.03. The van der Waals surface area contributed by atoms with Crippen molar-refractivity contribution in [3.63, 3.8) is 0 Å². The zero-order valence-corrected chi connectivity index (χ0v) is 19.0. The van der Waals surface area contributed by atoms with Gasteiger partial charge in [-0.2, -0.15) is 0 Å². The summed E-state index contributed by atoms with van der Waals surface area (Å²) in [4.78, 5) is 40.0. The van der Waals surface area contributed by atoms with Crippen LogP contribution in [-0.4, -0.2) is 68.9 Å². The molecule has 0 radical (unpaired) electrons. The smallest absolute Gasteiger partial charge is 0.411 e. The predicted molar refractivity (Wildman–Crippen MR) is 117 cm³/mol. The SMILES string of the molecule is CC(C)(C)OC(=O)N1CCC(C2SCC(C(=O)O)N2C(=O)OCc2ccccc2)CC1. The third kappa shape index (κ3) is 6.06. The first-order chi connectivity index (χ1) is 14.7. The van der Waals surface area contributed by atoms with Gasteiger partial charge in [-0.1, -0.05) is 30.3 Å². The number of thioether (sulfide) groups is 1. The lowest BCUT2D eigenvalue weighted by atomic mass is 9.95. The Morgan fingerprint density at radius 1 is 1.10 bits per heavy atom. The number of aliphatic carboxylic acids is 1. The van der Waals surface area contributed by atoms with E-state index in [9.17, 15) is 19.5 Å². The maximum Gasteiger partial charge on any atom is 0.411 e. The van der Waals surface area contributed by atoms with Gasteiger partial charge in [0.05, 0.1) is 5.37 Å². The Bertz CT molecular complexity index is 789. The van der Waals surface area contributed by atoms with Gasteiger partial charge in [0.25, 0.3) is 0 Å². The molecule has 9 heteroatoms. The van der Waals surface area contributed by atoms with E-state index in [4.69, 9.17) is 9.47 Å². The number of benzene rings is 1. The molecule has 0 bridgehead atoms. The van der Waals surface area contributed by atoms with Crippen LogP contribution < -0.4 is 0 Å². The summed E-state index contributed by atoms with van der Waals surface area (Å²) < 4.78 is 10.9. The monoisotopic (exact) mass is 450 g/mol. The fraction of sp³-hybridized carbons (Fsp3) is 0.591. The van der Waals surface area contributed by atoms with Crippen molar-refractivity contribution < 1.29 is 29.0 Å². The topological polar surface area (TPSA) is 96.4 Å². The van der Waals surface area contributed by atoms with Gasteiger partial charge in [0.1, 0.15) is 18.2 Å². The molecule has 31 heavy (non-hydrogen) atoms. The predicted octanol–water partition coefficient (Wildman–Crippen LogP) is 3.80. The molecule has 1 aromatic rings. The number of piperidine rings is 1. The fourth-order valence-electron chi connectivity index (χ4n) is 3.80. The molecule has 2 heterocycles. The van der Waals surface area contributed by atoms with E-state index < -0.39 is 23.7 Å². The molecule has 1 aromatic carbocycles. The lowest BCUT2D eigenvalue weighted by Crippen LogP contribution is -2.50. The highest BCUT2D eigenvalue weighted by atomic mass is 32.2. The molecule has 3 rings (SSSR count). The second-order valence-corrected chi connectivity index (χ2v) is 9.98. The van der Waals surface area contributed by atoms with E-state index in [0.717, 1.165) is 5.56 Å². The summed E-state index contributed by atoms with van der Waals surface area (Å²) in [6, 6.07) is 8.38. The van der Waals surface area contributed by atoms with E-state index >= 15 is 0 Å². The molecule has 2 aliphatic heterocycles. The van der Waals surface area contributed by atoms with Gasteiger partial charge in [0.2, 0.25) is 0 Å². The maximum absolute atomic E-state index is 12.9. The molecular formula is C22H30N2O6S. The third-order valence-corrected chi connectivity index (χ3v) is 6.79. The van der Waals surface area contributed by atoms with Crippen molar-refractivity contribution in [2.24, 2.45) is 5.92 Å². The summed E-state index contributed by atoms with van der Waals surface area (Å²) in [5.41, 5.74) is 0.292. The standard InChI is InChI=1S/C22H30N2O6S/c1-22(2,3)30-20(27)23-11-9-16(10-12-23)18-24(17(14-31-18)19(25)26)21(28)29-13-15-7-5-4-6-8-15/h4-8,16-18H,9-14H2,1-3H3,(H,25,26). The van der Waals surface area contributed by atoms with Crippen LogP contribution in [0.3, 0.4) is 0 Å². The Balaban J connectivity index is 1.62. The number of hydrogen-bond donors (Lipinski definition) is 1. The second-order valence-electron chi connectivity index (χ2n) is 8.83. The first-order valence-corrected chi connectivity index (χ1v) is 11.5. The fourth-order valence-corrected chi connectivity index (χ4v) is 5.42. The van der Waals surface area contributed by atoms with Crippen LogP contribution in [0.25, 0.3) is 0 Å². The van der Waals surface area contributed by atoms with Crippen LogP contribution >= 0.6 is 11.8 Å². The summed E-state index contributed by atoms with van der Waals surface area (Å²) in [5, 5.41) is 9.34. The Morgan fingerprint density at radius 3 is 2.32 bits per heavy atom. The zero-order chi connectivity index (χ0) is 22.6. The molecule has 0 aromatic heterocycles. The zero-order valence-electron chi connectivity index (χ0n) is 18.2. The number of carboxylic acids is 1. The lowest BCUT2D eigenvalue weighted by Gasteiger charge is -2.38. The number of hydrogen-bond acceptors (Lipinski definition) is 6. The molecule has 170 valence electrons. The van der Waals surface area contributed by atoms with Crippen molar-refractivity contribution >= 4 is 29.9 Å². The molecule has 0 saturated carbocycles. The molecule has 2 unspecified atom stereocenters. The van der Waals surface area contributed by atoms with Crippen LogP contribution in [0.15, 0.2) is 30.3 Å². The number of rotatable bonds is 4. The second kappa shape index (κ2) is 9.80. The van der Waals surface area contributed by atoms with Crippen LogP contribution in [0.1, 0.15) is 39.2 Å². The Kier molecular flexibility index (Phi) is 7.35. The summed E-state index contributed by atoms with van der Waals surface area (Å²) in [5.74, 6) is -0.623. The van der Waals surface area contributed by atoms with E-state index in [1.54, 1.807) is 4.90 Å². The molecule has 2 fully saturated rings. The van der Waals surface area contributed by atoms with Crippen LogP contribution in [-0.2, 0) is 20.9 Å². The number of nitrogens with zero attached hydrogens (tertiary/aromatic N) is 2. The van der Waals surface area contributed by atoms with E-state index in [1.807, 2.05) is 51.1 Å². The number of likely N-dealkylation sites (tertiary alicyclic amines) is 1. The number of carbonyl (C=O) groups is 3. The Morgan fingerprint density at radius 2 is 1.74 bits per heavy atom.